The smallest absolute Gasteiger partial charge is 0.123 e. The number of hydrogen-bond acceptors (Lipinski definition) is 3. The van der Waals surface area contributed by atoms with Gasteiger partial charge in [0.25, 0.3) is 0 Å². The van der Waals surface area contributed by atoms with Crippen molar-refractivity contribution in [2.45, 2.75) is 45.9 Å². The third-order valence-electron chi connectivity index (χ3n) is 3.54. The van der Waals surface area contributed by atoms with Gasteiger partial charge in [-0.05, 0) is 50.6 Å². The first-order valence-electron chi connectivity index (χ1n) is 7.49. The van der Waals surface area contributed by atoms with Crippen molar-refractivity contribution >= 4 is 5.69 Å². The van der Waals surface area contributed by atoms with Gasteiger partial charge in [-0.3, -0.25) is 0 Å². The Morgan fingerprint density at radius 2 is 2.00 bits per heavy atom. The molecule has 0 saturated carbocycles. The third-order valence-corrected chi connectivity index (χ3v) is 3.54. The zero-order valence-corrected chi connectivity index (χ0v) is 12.7. The molecule has 1 saturated heterocycles. The maximum absolute atomic E-state index is 13.5. The summed E-state index contributed by atoms with van der Waals surface area (Å²) in [5.41, 5.74) is 2.15. The van der Waals surface area contributed by atoms with E-state index in [1.807, 2.05) is 6.07 Å². The fraction of sp³-hybridized carbons (Fsp3) is 0.625. The van der Waals surface area contributed by atoms with E-state index in [-0.39, 0.29) is 18.0 Å². The summed E-state index contributed by atoms with van der Waals surface area (Å²) >= 11 is 0. The Hall–Kier alpha value is -1.13. The van der Waals surface area contributed by atoms with Gasteiger partial charge in [0, 0.05) is 25.3 Å². The lowest BCUT2D eigenvalue weighted by atomic mass is 10.1. The van der Waals surface area contributed by atoms with Crippen LogP contribution >= 0.6 is 0 Å². The van der Waals surface area contributed by atoms with Crippen molar-refractivity contribution in [3.05, 3.63) is 29.6 Å². The number of ether oxygens (including phenoxy) is 1. The number of morpholine rings is 1. The van der Waals surface area contributed by atoms with E-state index < -0.39 is 0 Å². The van der Waals surface area contributed by atoms with Crippen molar-refractivity contribution in [3.63, 3.8) is 0 Å². The second kappa shape index (κ2) is 7.04. The van der Waals surface area contributed by atoms with E-state index in [1.54, 1.807) is 12.1 Å². The first-order chi connectivity index (χ1) is 9.60. The number of rotatable bonds is 5. The number of nitrogens with one attached hydrogen (secondary N) is 1. The first-order valence-corrected chi connectivity index (χ1v) is 7.49. The number of hydrogen-bond donors (Lipinski definition) is 1. The van der Waals surface area contributed by atoms with E-state index >= 15 is 0 Å². The number of halogens is 1. The van der Waals surface area contributed by atoms with Crippen LogP contribution < -0.4 is 10.2 Å². The van der Waals surface area contributed by atoms with Crippen LogP contribution in [0, 0.1) is 5.82 Å². The maximum Gasteiger partial charge on any atom is 0.123 e. The predicted molar refractivity (Wildman–Crippen MR) is 80.6 cm³/mol. The van der Waals surface area contributed by atoms with Crippen LogP contribution in [0.5, 0.6) is 0 Å². The van der Waals surface area contributed by atoms with E-state index in [0.717, 1.165) is 37.3 Å². The summed E-state index contributed by atoms with van der Waals surface area (Å²) in [6.45, 7) is 9.67. The standard InChI is InChI=1S/C16H25FN2O/c1-4-7-18-9-14-8-15(17)5-6-16(14)19-10-12(2)20-13(3)11-19/h5-6,8,12-13,18H,4,7,9-11H2,1-3H3. The molecule has 1 aromatic carbocycles. The van der Waals surface area contributed by atoms with Crippen LogP contribution in [0.25, 0.3) is 0 Å². The van der Waals surface area contributed by atoms with Gasteiger partial charge in [-0.25, -0.2) is 4.39 Å². The minimum atomic E-state index is -0.170. The Bertz CT molecular complexity index is 428. The Morgan fingerprint density at radius 1 is 1.30 bits per heavy atom. The lowest BCUT2D eigenvalue weighted by Crippen LogP contribution is -2.46. The summed E-state index contributed by atoms with van der Waals surface area (Å²) in [4.78, 5) is 2.31. The summed E-state index contributed by atoms with van der Waals surface area (Å²) in [7, 11) is 0. The Labute approximate surface area is 121 Å². The lowest BCUT2D eigenvalue weighted by molar-refractivity contribution is -0.00526. The van der Waals surface area contributed by atoms with Crippen LogP contribution in [0.2, 0.25) is 0 Å². The molecule has 0 bridgehead atoms. The molecule has 0 spiro atoms. The summed E-state index contributed by atoms with van der Waals surface area (Å²) in [6, 6.07) is 5.08. The van der Waals surface area contributed by atoms with E-state index in [1.165, 1.54) is 0 Å². The Kier molecular flexibility index (Phi) is 5.38. The highest BCUT2D eigenvalue weighted by Gasteiger charge is 2.23. The Morgan fingerprint density at radius 3 is 2.65 bits per heavy atom. The zero-order chi connectivity index (χ0) is 14.5. The van der Waals surface area contributed by atoms with Gasteiger partial charge in [0.2, 0.25) is 0 Å². The second-order valence-electron chi connectivity index (χ2n) is 5.61. The van der Waals surface area contributed by atoms with Gasteiger partial charge in [-0.15, -0.1) is 0 Å². The second-order valence-corrected chi connectivity index (χ2v) is 5.61. The largest absolute Gasteiger partial charge is 0.372 e. The summed E-state index contributed by atoms with van der Waals surface area (Å²) in [5, 5.41) is 3.36. The van der Waals surface area contributed by atoms with Gasteiger partial charge in [-0.2, -0.15) is 0 Å². The van der Waals surface area contributed by atoms with E-state index in [0.29, 0.717) is 6.54 Å². The van der Waals surface area contributed by atoms with Crippen LogP contribution in [-0.4, -0.2) is 31.8 Å². The summed E-state index contributed by atoms with van der Waals surface area (Å²) < 4.78 is 19.3. The van der Waals surface area contributed by atoms with Crippen molar-refractivity contribution in [2.75, 3.05) is 24.5 Å². The van der Waals surface area contributed by atoms with E-state index in [4.69, 9.17) is 4.74 Å². The third kappa shape index (κ3) is 3.93. The van der Waals surface area contributed by atoms with E-state index in [9.17, 15) is 4.39 Å². The van der Waals surface area contributed by atoms with Crippen molar-refractivity contribution < 1.29 is 9.13 Å². The van der Waals surface area contributed by atoms with Crippen molar-refractivity contribution in [3.8, 4) is 0 Å². The van der Waals surface area contributed by atoms with Gasteiger partial charge >= 0.3 is 0 Å². The van der Waals surface area contributed by atoms with Crippen molar-refractivity contribution in [2.24, 2.45) is 0 Å². The molecule has 1 fully saturated rings. The molecule has 112 valence electrons. The molecule has 0 aliphatic carbocycles. The highest BCUT2D eigenvalue weighted by molar-refractivity contribution is 5.54. The molecular formula is C16H25FN2O. The minimum absolute atomic E-state index is 0.170. The number of anilines is 1. The molecule has 20 heavy (non-hydrogen) atoms. The van der Waals surface area contributed by atoms with Gasteiger partial charge in [0.1, 0.15) is 5.82 Å². The van der Waals surface area contributed by atoms with Gasteiger partial charge < -0.3 is 15.0 Å². The molecule has 1 aliphatic heterocycles. The van der Waals surface area contributed by atoms with Gasteiger partial charge in [0.15, 0.2) is 0 Å². The molecule has 2 atom stereocenters. The zero-order valence-electron chi connectivity index (χ0n) is 12.7. The van der Waals surface area contributed by atoms with Crippen molar-refractivity contribution in [1.29, 1.82) is 0 Å². The number of nitrogens with zero attached hydrogens (tertiary/aromatic N) is 1. The monoisotopic (exact) mass is 280 g/mol. The van der Waals surface area contributed by atoms with Gasteiger partial charge in [-0.1, -0.05) is 6.92 Å². The molecule has 3 nitrogen and oxygen atoms in total. The quantitative estimate of drug-likeness (QED) is 0.839. The van der Waals surface area contributed by atoms with E-state index in [2.05, 4.69) is 31.0 Å². The SMILES string of the molecule is CCCNCc1cc(F)ccc1N1CC(C)OC(C)C1. The molecule has 4 heteroatoms. The molecule has 1 N–H and O–H groups in total. The number of benzene rings is 1. The average molecular weight is 280 g/mol. The molecular weight excluding hydrogens is 255 g/mol. The maximum atomic E-state index is 13.5. The van der Waals surface area contributed by atoms with Crippen LogP contribution in [0.15, 0.2) is 18.2 Å². The fourth-order valence-corrected chi connectivity index (χ4v) is 2.78. The predicted octanol–water partition coefficient (Wildman–Crippen LogP) is 2.94. The van der Waals surface area contributed by atoms with Crippen LogP contribution in [0.1, 0.15) is 32.8 Å². The normalized spacial score (nSPS) is 23.1. The molecule has 1 heterocycles. The minimum Gasteiger partial charge on any atom is -0.372 e. The van der Waals surface area contributed by atoms with Crippen LogP contribution in [0.4, 0.5) is 10.1 Å². The molecule has 1 aromatic rings. The topological polar surface area (TPSA) is 24.5 Å². The Balaban J connectivity index is 2.16. The van der Waals surface area contributed by atoms with Crippen LogP contribution in [-0.2, 0) is 11.3 Å². The first kappa shape index (κ1) is 15.3. The molecule has 2 rings (SSSR count). The molecule has 1 aliphatic rings. The summed E-state index contributed by atoms with van der Waals surface area (Å²) in [6.07, 6.45) is 1.50. The van der Waals surface area contributed by atoms with Gasteiger partial charge in [0.05, 0.1) is 12.2 Å². The molecule has 0 amide bonds. The lowest BCUT2D eigenvalue weighted by Gasteiger charge is -2.37. The highest BCUT2D eigenvalue weighted by atomic mass is 19.1. The van der Waals surface area contributed by atoms with Crippen molar-refractivity contribution in [1.82, 2.24) is 5.32 Å². The summed E-state index contributed by atoms with van der Waals surface area (Å²) in [5.74, 6) is -0.170. The highest BCUT2D eigenvalue weighted by Crippen LogP contribution is 2.25. The van der Waals surface area contributed by atoms with Crippen LogP contribution in [0.3, 0.4) is 0 Å². The molecule has 0 aromatic heterocycles. The average Bonchev–Trinajstić information content (AvgIpc) is 2.38. The molecule has 0 radical (unpaired) electrons. The fourth-order valence-electron chi connectivity index (χ4n) is 2.78. The molecule has 2 unspecified atom stereocenters.